The first-order valence-corrected chi connectivity index (χ1v) is 22.5. The Morgan fingerprint density at radius 3 is 2.29 bits per heavy atom. The number of methoxy groups -OCH3 is 1. The van der Waals surface area contributed by atoms with Gasteiger partial charge in [-0.3, -0.25) is 23.9 Å². The maximum absolute atomic E-state index is 15.0. The molecular weight excluding hydrogens is 832 g/mol. The lowest BCUT2D eigenvalue weighted by Gasteiger charge is -2.36. The predicted molar refractivity (Wildman–Crippen MR) is 237 cm³/mol. The highest BCUT2D eigenvalue weighted by atomic mass is 35.5. The van der Waals surface area contributed by atoms with Crippen LogP contribution in [0.1, 0.15) is 76.2 Å². The third-order valence-corrected chi connectivity index (χ3v) is 13.9. The van der Waals surface area contributed by atoms with E-state index in [4.69, 9.17) is 21.1 Å². The average molecular weight is 885 g/mol. The van der Waals surface area contributed by atoms with E-state index in [1.807, 2.05) is 65.0 Å². The minimum Gasteiger partial charge on any atom is -0.494 e. The molecule has 0 spiro atoms. The number of rotatable bonds is 15. The monoisotopic (exact) mass is 884 g/mol. The lowest BCUT2D eigenvalue weighted by molar-refractivity contribution is -0.141. The van der Waals surface area contributed by atoms with Crippen LogP contribution in [0.3, 0.4) is 0 Å². The van der Waals surface area contributed by atoms with E-state index in [-0.39, 0.29) is 31.2 Å². The van der Waals surface area contributed by atoms with Crippen LogP contribution < -0.4 is 30.1 Å². The van der Waals surface area contributed by atoms with Crippen molar-refractivity contribution in [2.45, 2.75) is 94.8 Å². The van der Waals surface area contributed by atoms with Gasteiger partial charge < -0.3 is 30.3 Å². The summed E-state index contributed by atoms with van der Waals surface area (Å²) in [6.07, 6.45) is 3.35. The standard InChI is InChI=1S/C46H53ClN6O8S/c1-8-28-24-46(28,43(57)52-62(58,59)33-19-20-33)51-40(55)36-23-32(61-41-35-22-30(47)16-21-34(35)37(60-7)25-48-41)26-53(36)42(56)38(44(2,3)4)49-31-17-14-27(15-18-31)39(54)50-45(5,6)29-12-10-9-11-13-29/h8-18,21-22,25,28,32-33,36,38,49H,1,19-20,23-24,26H2,2-7H3,(H,50,54)(H,51,55)(H,52,57)/t28-,32-,36+,38-,46-/m1/s1. The summed E-state index contributed by atoms with van der Waals surface area (Å²) in [6, 6.07) is 19.6. The van der Waals surface area contributed by atoms with Gasteiger partial charge in [-0.15, -0.1) is 6.58 Å². The zero-order chi connectivity index (χ0) is 44.8. The normalized spacial score (nSPS) is 21.7. The summed E-state index contributed by atoms with van der Waals surface area (Å²) in [5, 5.41) is 10.3. The van der Waals surface area contributed by atoms with Crippen LogP contribution in [0.5, 0.6) is 11.6 Å². The number of nitrogens with zero attached hydrogens (tertiary/aromatic N) is 2. The largest absolute Gasteiger partial charge is 0.494 e. The summed E-state index contributed by atoms with van der Waals surface area (Å²) in [6.45, 7) is 13.3. The van der Waals surface area contributed by atoms with E-state index in [0.717, 1.165) is 5.56 Å². The van der Waals surface area contributed by atoms with Crippen LogP contribution >= 0.6 is 11.6 Å². The fourth-order valence-electron chi connectivity index (χ4n) is 7.96. The molecule has 1 saturated heterocycles. The van der Waals surface area contributed by atoms with Gasteiger partial charge in [0.2, 0.25) is 27.7 Å². The van der Waals surface area contributed by atoms with Crippen molar-refractivity contribution in [3.8, 4) is 11.6 Å². The highest BCUT2D eigenvalue weighted by Crippen LogP contribution is 2.46. The van der Waals surface area contributed by atoms with Gasteiger partial charge in [0.15, 0.2) is 0 Å². The molecule has 2 aliphatic carbocycles. The van der Waals surface area contributed by atoms with E-state index in [0.29, 0.717) is 45.6 Å². The van der Waals surface area contributed by atoms with Crippen LogP contribution in [0.2, 0.25) is 5.02 Å². The van der Waals surface area contributed by atoms with Crippen molar-refractivity contribution in [1.82, 2.24) is 25.2 Å². The average Bonchev–Trinajstić information content (AvgIpc) is 4.16. The molecule has 0 radical (unpaired) electrons. The van der Waals surface area contributed by atoms with Gasteiger partial charge in [0.25, 0.3) is 11.8 Å². The minimum absolute atomic E-state index is 0.0180. The molecule has 2 saturated carbocycles. The van der Waals surface area contributed by atoms with E-state index >= 15 is 0 Å². The molecule has 328 valence electrons. The van der Waals surface area contributed by atoms with Crippen LogP contribution in [0.25, 0.3) is 10.8 Å². The second-order valence-electron chi connectivity index (χ2n) is 18.0. The molecule has 62 heavy (non-hydrogen) atoms. The highest BCUT2D eigenvalue weighted by molar-refractivity contribution is 7.91. The predicted octanol–water partition coefficient (Wildman–Crippen LogP) is 6.11. The van der Waals surface area contributed by atoms with Gasteiger partial charge in [0, 0.05) is 39.4 Å². The fourth-order valence-corrected chi connectivity index (χ4v) is 9.49. The Kier molecular flexibility index (Phi) is 12.1. The van der Waals surface area contributed by atoms with Crippen molar-refractivity contribution < 1.29 is 37.1 Å². The Morgan fingerprint density at radius 2 is 1.68 bits per heavy atom. The minimum atomic E-state index is -3.92. The summed E-state index contributed by atoms with van der Waals surface area (Å²) < 4.78 is 39.8. The zero-order valence-corrected chi connectivity index (χ0v) is 37.2. The van der Waals surface area contributed by atoms with Crippen LogP contribution in [0, 0.1) is 11.3 Å². The maximum atomic E-state index is 15.0. The Bertz CT molecular complexity index is 2510. The maximum Gasteiger partial charge on any atom is 0.259 e. The van der Waals surface area contributed by atoms with Gasteiger partial charge in [0.1, 0.15) is 29.5 Å². The van der Waals surface area contributed by atoms with E-state index in [1.165, 1.54) is 24.3 Å². The zero-order valence-electron chi connectivity index (χ0n) is 35.7. The summed E-state index contributed by atoms with van der Waals surface area (Å²) in [4.78, 5) is 62.4. The van der Waals surface area contributed by atoms with Crippen LogP contribution in [0.4, 0.5) is 5.69 Å². The van der Waals surface area contributed by atoms with Gasteiger partial charge in [0.05, 0.1) is 30.6 Å². The Balaban J connectivity index is 1.15. The first kappa shape index (κ1) is 44.4. The number of anilines is 1. The molecule has 3 fully saturated rings. The lowest BCUT2D eigenvalue weighted by Crippen LogP contribution is -2.58. The number of hydrogen-bond acceptors (Lipinski definition) is 10. The third kappa shape index (κ3) is 9.24. The van der Waals surface area contributed by atoms with Gasteiger partial charge in [-0.25, -0.2) is 13.4 Å². The smallest absolute Gasteiger partial charge is 0.259 e. The molecular formula is C46H53ClN6O8S. The molecule has 3 aromatic carbocycles. The molecule has 4 amide bonds. The van der Waals surface area contributed by atoms with Crippen LogP contribution in [0.15, 0.2) is 91.6 Å². The first-order valence-electron chi connectivity index (χ1n) is 20.6. The quantitative estimate of drug-likeness (QED) is 0.102. The van der Waals surface area contributed by atoms with E-state index in [9.17, 15) is 27.6 Å². The van der Waals surface area contributed by atoms with Gasteiger partial charge in [-0.05, 0) is 86.6 Å². The topological polar surface area (TPSA) is 185 Å². The highest BCUT2D eigenvalue weighted by Gasteiger charge is 2.62. The lowest BCUT2D eigenvalue weighted by atomic mass is 9.85. The van der Waals surface area contributed by atoms with Gasteiger partial charge >= 0.3 is 0 Å². The molecule has 4 aromatic rings. The summed E-state index contributed by atoms with van der Waals surface area (Å²) in [7, 11) is -2.39. The van der Waals surface area contributed by atoms with Gasteiger partial charge in [-0.2, -0.15) is 0 Å². The molecule has 14 nitrogen and oxygen atoms in total. The Morgan fingerprint density at radius 1 is 0.984 bits per heavy atom. The summed E-state index contributed by atoms with van der Waals surface area (Å²) in [5.74, 6) is -1.98. The number of halogens is 1. The third-order valence-electron chi connectivity index (χ3n) is 11.9. The molecule has 0 unspecified atom stereocenters. The Labute approximate surface area is 367 Å². The Hall–Kier alpha value is -5.67. The number of hydrogen-bond donors (Lipinski definition) is 4. The molecule has 7 rings (SSSR count). The van der Waals surface area contributed by atoms with Crippen molar-refractivity contribution in [3.05, 3.63) is 108 Å². The molecule has 1 aliphatic heterocycles. The summed E-state index contributed by atoms with van der Waals surface area (Å²) >= 11 is 6.39. The second kappa shape index (κ2) is 16.9. The van der Waals surface area contributed by atoms with Gasteiger partial charge in [-0.1, -0.05) is 68.8 Å². The van der Waals surface area contributed by atoms with Crippen molar-refractivity contribution in [3.63, 3.8) is 0 Å². The molecule has 5 atom stereocenters. The number of carbonyl (C=O) groups excluding carboxylic acids is 4. The molecule has 4 N–H and O–H groups in total. The number of likely N-dealkylation sites (tertiary alicyclic amines) is 1. The van der Waals surface area contributed by atoms with Crippen molar-refractivity contribution in [2.24, 2.45) is 11.3 Å². The van der Waals surface area contributed by atoms with Crippen LogP contribution in [-0.4, -0.2) is 84.6 Å². The SMILES string of the molecule is C=C[C@@H]1C[C@]1(NC(=O)[C@@H]1C[C@@H](Oc2ncc(OC)c3ccc(Cl)cc23)CN1C(=O)[C@@H](Nc1ccc(C(=O)NC(C)(C)c2ccccc2)cc1)C(C)(C)C)C(=O)NS(=O)(=O)C1CC1. The van der Waals surface area contributed by atoms with E-state index in [1.54, 1.807) is 42.5 Å². The van der Waals surface area contributed by atoms with Crippen molar-refractivity contribution in [2.75, 3.05) is 19.0 Å². The number of nitrogens with one attached hydrogen (secondary N) is 4. The van der Waals surface area contributed by atoms with Crippen LogP contribution in [-0.2, 0) is 29.9 Å². The van der Waals surface area contributed by atoms with Crippen molar-refractivity contribution in [1.29, 1.82) is 0 Å². The fraction of sp³-hybridized carbons (Fsp3) is 0.413. The second-order valence-corrected chi connectivity index (χ2v) is 20.3. The number of ether oxygens (including phenoxy) is 2. The van der Waals surface area contributed by atoms with E-state index < -0.39 is 73.6 Å². The first-order chi connectivity index (χ1) is 29.3. The molecule has 3 aliphatic rings. The molecule has 0 bridgehead atoms. The number of carbonyl (C=O) groups is 4. The van der Waals surface area contributed by atoms with E-state index in [2.05, 4.69) is 32.2 Å². The number of aromatic nitrogens is 1. The number of benzene rings is 3. The number of fused-ring (bicyclic) bond motifs is 1. The molecule has 2 heterocycles. The molecule has 1 aromatic heterocycles. The van der Waals surface area contributed by atoms with Crippen molar-refractivity contribution >= 4 is 61.7 Å². The number of pyridine rings is 1. The number of amides is 4. The number of sulfonamides is 1. The summed E-state index contributed by atoms with van der Waals surface area (Å²) in [5.41, 5.74) is -0.959. The molecule has 16 heteroatoms.